The molecule has 0 aromatic rings. The third-order valence-electron chi connectivity index (χ3n) is 3.04. The van der Waals surface area contributed by atoms with Gasteiger partial charge in [0.05, 0.1) is 13.2 Å². The van der Waals surface area contributed by atoms with Gasteiger partial charge in [-0.25, -0.2) is 9.59 Å². The lowest BCUT2D eigenvalue weighted by Gasteiger charge is -2.23. The summed E-state index contributed by atoms with van der Waals surface area (Å²) in [6.07, 6.45) is 1.37. The van der Waals surface area contributed by atoms with Crippen LogP contribution in [0, 0.1) is 5.92 Å². The zero-order chi connectivity index (χ0) is 15.0. The van der Waals surface area contributed by atoms with Gasteiger partial charge in [-0.15, -0.1) is 0 Å². The number of nitrogens with one attached hydrogen (secondary N) is 2. The fraction of sp³-hybridized carbons (Fsp3) is 0.769. The summed E-state index contributed by atoms with van der Waals surface area (Å²) in [6.45, 7) is 5.04. The number of amides is 1. The van der Waals surface area contributed by atoms with Crippen LogP contribution in [0.25, 0.3) is 0 Å². The van der Waals surface area contributed by atoms with E-state index in [9.17, 15) is 14.4 Å². The summed E-state index contributed by atoms with van der Waals surface area (Å²) in [6, 6.07) is -1.38. The van der Waals surface area contributed by atoms with Crippen LogP contribution in [-0.4, -0.2) is 50.2 Å². The Balaban J connectivity index is 2.64. The van der Waals surface area contributed by atoms with Crippen molar-refractivity contribution in [3.05, 3.63) is 0 Å². The van der Waals surface area contributed by atoms with Crippen LogP contribution < -0.4 is 10.6 Å². The Bertz CT molecular complexity index is 335. The summed E-state index contributed by atoms with van der Waals surface area (Å²) >= 11 is 0. The van der Waals surface area contributed by atoms with Crippen LogP contribution in [0.5, 0.6) is 0 Å². The lowest BCUT2D eigenvalue weighted by Crippen LogP contribution is -2.51. The van der Waals surface area contributed by atoms with E-state index in [0.717, 1.165) is 13.1 Å². The quantitative estimate of drug-likeness (QED) is 0.509. The van der Waals surface area contributed by atoms with E-state index in [1.165, 1.54) is 0 Å². The molecule has 1 aliphatic heterocycles. The number of ether oxygens (including phenoxy) is 2. The minimum Gasteiger partial charge on any atom is -0.464 e. The molecule has 7 nitrogen and oxygen atoms in total. The van der Waals surface area contributed by atoms with Gasteiger partial charge < -0.3 is 20.1 Å². The highest BCUT2D eigenvalue weighted by Crippen LogP contribution is 2.12. The Morgan fingerprint density at radius 3 is 2.05 bits per heavy atom. The average molecular weight is 286 g/mol. The molecule has 0 aliphatic carbocycles. The normalized spacial score (nSPS) is 15.8. The van der Waals surface area contributed by atoms with Gasteiger partial charge in [0.2, 0.25) is 11.9 Å². The predicted molar refractivity (Wildman–Crippen MR) is 70.8 cm³/mol. The zero-order valence-corrected chi connectivity index (χ0v) is 11.9. The van der Waals surface area contributed by atoms with Crippen molar-refractivity contribution in [2.45, 2.75) is 32.7 Å². The van der Waals surface area contributed by atoms with Crippen molar-refractivity contribution in [1.29, 1.82) is 0 Å². The third kappa shape index (κ3) is 4.80. The average Bonchev–Trinajstić information content (AvgIpc) is 2.45. The van der Waals surface area contributed by atoms with Gasteiger partial charge in [-0.2, -0.15) is 0 Å². The standard InChI is InChI=1S/C13H22N2O5/c1-3-19-12(17)10(13(18)20-4-2)15-11(16)9-5-7-14-8-6-9/h9-10,14H,3-8H2,1-2H3,(H,15,16). The van der Waals surface area contributed by atoms with E-state index in [0.29, 0.717) is 12.8 Å². The molecule has 0 bridgehead atoms. The molecule has 114 valence electrons. The first-order chi connectivity index (χ1) is 9.60. The molecule has 0 atom stereocenters. The summed E-state index contributed by atoms with van der Waals surface area (Å²) in [5.74, 6) is -2.07. The van der Waals surface area contributed by atoms with E-state index in [1.54, 1.807) is 13.8 Å². The van der Waals surface area contributed by atoms with Crippen LogP contribution in [0.2, 0.25) is 0 Å². The molecule has 1 saturated heterocycles. The first-order valence-corrected chi connectivity index (χ1v) is 6.94. The van der Waals surface area contributed by atoms with E-state index in [2.05, 4.69) is 10.6 Å². The van der Waals surface area contributed by atoms with Crippen LogP contribution in [-0.2, 0) is 23.9 Å². The van der Waals surface area contributed by atoms with Gasteiger partial charge >= 0.3 is 11.9 Å². The lowest BCUT2D eigenvalue weighted by atomic mass is 9.97. The molecule has 0 aromatic carbocycles. The Labute approximate surface area is 118 Å². The maximum Gasteiger partial charge on any atom is 0.340 e. The van der Waals surface area contributed by atoms with Crippen LogP contribution in [0.15, 0.2) is 0 Å². The minimum absolute atomic E-state index is 0.137. The van der Waals surface area contributed by atoms with Gasteiger partial charge in [-0.3, -0.25) is 4.79 Å². The van der Waals surface area contributed by atoms with Crippen LogP contribution in [0.1, 0.15) is 26.7 Å². The smallest absolute Gasteiger partial charge is 0.340 e. The Morgan fingerprint density at radius 1 is 1.10 bits per heavy atom. The molecule has 2 N–H and O–H groups in total. The molecule has 1 rings (SSSR count). The second kappa shape index (κ2) is 8.52. The highest BCUT2D eigenvalue weighted by atomic mass is 16.6. The molecule has 1 fully saturated rings. The molecule has 1 amide bonds. The summed E-state index contributed by atoms with van der Waals surface area (Å²) in [4.78, 5) is 35.5. The van der Waals surface area contributed by atoms with Crippen LogP contribution in [0.4, 0.5) is 0 Å². The summed E-state index contributed by atoms with van der Waals surface area (Å²) in [5.41, 5.74) is 0. The molecular weight excluding hydrogens is 264 g/mol. The Morgan fingerprint density at radius 2 is 1.60 bits per heavy atom. The van der Waals surface area contributed by atoms with Crippen LogP contribution >= 0.6 is 0 Å². The van der Waals surface area contributed by atoms with Crippen molar-refractivity contribution < 1.29 is 23.9 Å². The topological polar surface area (TPSA) is 93.7 Å². The number of hydrogen-bond acceptors (Lipinski definition) is 6. The number of piperidine rings is 1. The lowest BCUT2D eigenvalue weighted by molar-refractivity contribution is -0.160. The number of hydrogen-bond donors (Lipinski definition) is 2. The molecule has 0 spiro atoms. The van der Waals surface area contributed by atoms with Crippen LogP contribution in [0.3, 0.4) is 0 Å². The largest absolute Gasteiger partial charge is 0.464 e. The van der Waals surface area contributed by atoms with E-state index < -0.39 is 18.0 Å². The number of esters is 2. The van der Waals surface area contributed by atoms with Gasteiger partial charge in [0.1, 0.15) is 0 Å². The number of carbonyl (C=O) groups is 3. The monoisotopic (exact) mass is 286 g/mol. The number of rotatable bonds is 6. The van der Waals surface area contributed by atoms with Crippen molar-refractivity contribution in [3.63, 3.8) is 0 Å². The first-order valence-electron chi connectivity index (χ1n) is 6.94. The molecule has 1 heterocycles. The van der Waals surface area contributed by atoms with Gasteiger partial charge in [0.25, 0.3) is 0 Å². The van der Waals surface area contributed by atoms with Crippen molar-refractivity contribution in [2.24, 2.45) is 5.92 Å². The van der Waals surface area contributed by atoms with Gasteiger partial charge in [0, 0.05) is 5.92 Å². The number of carbonyl (C=O) groups excluding carboxylic acids is 3. The summed E-state index contributed by atoms with van der Waals surface area (Å²) in [5, 5.41) is 5.59. The molecule has 20 heavy (non-hydrogen) atoms. The predicted octanol–water partition coefficient (Wildman–Crippen LogP) is -0.403. The van der Waals surface area contributed by atoms with E-state index in [-0.39, 0.29) is 25.0 Å². The van der Waals surface area contributed by atoms with E-state index in [1.807, 2.05) is 0 Å². The molecule has 7 heteroatoms. The summed E-state index contributed by atoms with van der Waals surface area (Å²) in [7, 11) is 0. The second-order valence-corrected chi connectivity index (χ2v) is 4.47. The Kier molecular flexibility index (Phi) is 7.00. The highest BCUT2D eigenvalue weighted by molar-refractivity contribution is 6.02. The molecule has 0 saturated carbocycles. The minimum atomic E-state index is -1.38. The fourth-order valence-electron chi connectivity index (χ4n) is 2.01. The fourth-order valence-corrected chi connectivity index (χ4v) is 2.01. The second-order valence-electron chi connectivity index (χ2n) is 4.47. The third-order valence-corrected chi connectivity index (χ3v) is 3.04. The maximum atomic E-state index is 12.1. The molecule has 1 aliphatic rings. The van der Waals surface area contributed by atoms with E-state index >= 15 is 0 Å². The maximum absolute atomic E-state index is 12.1. The Hall–Kier alpha value is -1.63. The van der Waals surface area contributed by atoms with Gasteiger partial charge in [0.15, 0.2) is 0 Å². The molecule has 0 aromatic heterocycles. The first kappa shape index (κ1) is 16.4. The van der Waals surface area contributed by atoms with Gasteiger partial charge in [-0.1, -0.05) is 0 Å². The molecular formula is C13H22N2O5. The SMILES string of the molecule is CCOC(=O)C(NC(=O)C1CCNCC1)C(=O)OCC. The zero-order valence-electron chi connectivity index (χ0n) is 11.9. The van der Waals surface area contributed by atoms with Crippen molar-refractivity contribution in [2.75, 3.05) is 26.3 Å². The van der Waals surface area contributed by atoms with Crippen molar-refractivity contribution in [1.82, 2.24) is 10.6 Å². The molecule has 0 radical (unpaired) electrons. The summed E-state index contributed by atoms with van der Waals surface area (Å²) < 4.78 is 9.59. The van der Waals surface area contributed by atoms with E-state index in [4.69, 9.17) is 9.47 Å². The van der Waals surface area contributed by atoms with Gasteiger partial charge in [-0.05, 0) is 39.8 Å². The molecule has 0 unspecified atom stereocenters. The van der Waals surface area contributed by atoms with Crippen molar-refractivity contribution >= 4 is 17.8 Å². The highest BCUT2D eigenvalue weighted by Gasteiger charge is 2.33. The van der Waals surface area contributed by atoms with Crippen molar-refractivity contribution in [3.8, 4) is 0 Å².